The molecule has 0 aromatic rings. The molecule has 0 radical (unpaired) electrons. The van der Waals surface area contributed by atoms with Crippen molar-refractivity contribution in [3.8, 4) is 0 Å². The normalized spacial score (nSPS) is 41.2. The van der Waals surface area contributed by atoms with E-state index in [2.05, 4.69) is 4.74 Å². The van der Waals surface area contributed by atoms with E-state index in [1.54, 1.807) is 0 Å². The molecule has 5 atom stereocenters. The van der Waals surface area contributed by atoms with Crippen molar-refractivity contribution in [1.82, 2.24) is 0 Å². The number of alkyl halides is 2. The molecule has 1 N–H and O–H groups in total. The topological polar surface area (TPSA) is 107 Å². The SMILES string of the molecule is CC12OC(=O)C3CC(CC31)C2OC(=O)C(F)(F)S(=O)(=O)O. The predicted molar refractivity (Wildman–Crippen MR) is 60.6 cm³/mol. The number of rotatable bonds is 3. The molecule has 1 saturated heterocycles. The summed E-state index contributed by atoms with van der Waals surface area (Å²) < 4.78 is 65.7. The van der Waals surface area contributed by atoms with E-state index in [9.17, 15) is 26.8 Å². The number of ether oxygens (including phenoxy) is 2. The predicted octanol–water partition coefficient (Wildman–Crippen LogP) is 0.350. The van der Waals surface area contributed by atoms with Crippen LogP contribution < -0.4 is 0 Å². The molecule has 2 aliphatic carbocycles. The summed E-state index contributed by atoms with van der Waals surface area (Å²) >= 11 is 0. The minimum atomic E-state index is -5.92. The van der Waals surface area contributed by atoms with Gasteiger partial charge in [-0.1, -0.05) is 0 Å². The monoisotopic (exact) mass is 326 g/mol. The van der Waals surface area contributed by atoms with Gasteiger partial charge in [-0.05, 0) is 19.8 Å². The van der Waals surface area contributed by atoms with Gasteiger partial charge in [-0.25, -0.2) is 4.79 Å². The number of carbonyl (C=O) groups excluding carboxylic acids is 2. The Morgan fingerprint density at radius 1 is 1.48 bits per heavy atom. The fourth-order valence-electron chi connectivity index (χ4n) is 3.83. The quantitative estimate of drug-likeness (QED) is 0.589. The van der Waals surface area contributed by atoms with Crippen molar-refractivity contribution in [2.24, 2.45) is 17.8 Å². The lowest BCUT2D eigenvalue weighted by molar-refractivity contribution is -0.186. The van der Waals surface area contributed by atoms with Gasteiger partial charge in [-0.15, -0.1) is 0 Å². The molecule has 1 heterocycles. The second kappa shape index (κ2) is 3.92. The maximum atomic E-state index is 13.2. The first-order chi connectivity index (χ1) is 9.48. The summed E-state index contributed by atoms with van der Waals surface area (Å²) in [6.45, 7) is 1.48. The first kappa shape index (κ1) is 14.6. The summed E-state index contributed by atoms with van der Waals surface area (Å²) in [4.78, 5) is 23.0. The van der Waals surface area contributed by atoms with Crippen LogP contribution in [-0.2, 0) is 29.2 Å². The third kappa shape index (κ3) is 1.75. The Morgan fingerprint density at radius 2 is 2.10 bits per heavy atom. The van der Waals surface area contributed by atoms with Gasteiger partial charge in [0.25, 0.3) is 0 Å². The Morgan fingerprint density at radius 3 is 2.67 bits per heavy atom. The summed E-state index contributed by atoms with van der Waals surface area (Å²) in [6, 6.07) is 0. The fraction of sp³-hybridized carbons (Fsp3) is 0.818. The van der Waals surface area contributed by atoms with Gasteiger partial charge in [-0.3, -0.25) is 9.35 Å². The number of hydrogen-bond donors (Lipinski definition) is 1. The molecular formula is C11H12F2O7S. The van der Waals surface area contributed by atoms with Crippen molar-refractivity contribution in [3.05, 3.63) is 0 Å². The van der Waals surface area contributed by atoms with Gasteiger partial charge >= 0.3 is 27.3 Å². The Bertz CT molecular complexity index is 630. The molecule has 0 amide bonds. The van der Waals surface area contributed by atoms with Crippen molar-refractivity contribution in [3.63, 3.8) is 0 Å². The molecule has 3 fully saturated rings. The van der Waals surface area contributed by atoms with E-state index in [-0.39, 0.29) is 17.8 Å². The van der Waals surface area contributed by atoms with Crippen LogP contribution in [0.2, 0.25) is 0 Å². The minimum Gasteiger partial charge on any atom is -0.455 e. The lowest BCUT2D eigenvalue weighted by Crippen LogP contribution is -2.50. The van der Waals surface area contributed by atoms with Crippen LogP contribution in [0.3, 0.4) is 0 Å². The zero-order valence-electron chi connectivity index (χ0n) is 10.8. The molecule has 7 nitrogen and oxygen atoms in total. The second-order valence-electron chi connectivity index (χ2n) is 5.87. The van der Waals surface area contributed by atoms with Crippen molar-refractivity contribution < 1.29 is 40.8 Å². The van der Waals surface area contributed by atoms with Crippen LogP contribution in [0.15, 0.2) is 0 Å². The van der Waals surface area contributed by atoms with Crippen molar-refractivity contribution in [1.29, 1.82) is 0 Å². The van der Waals surface area contributed by atoms with E-state index >= 15 is 0 Å². The molecule has 0 aromatic carbocycles. The summed E-state index contributed by atoms with van der Waals surface area (Å²) in [5.41, 5.74) is -1.21. The Hall–Kier alpha value is -1.29. The lowest BCUT2D eigenvalue weighted by Gasteiger charge is -2.34. The highest BCUT2D eigenvalue weighted by Gasteiger charge is 2.71. The molecule has 2 bridgehead atoms. The number of fused-ring (bicyclic) bond motifs is 1. The van der Waals surface area contributed by atoms with Crippen molar-refractivity contribution in [2.45, 2.75) is 36.7 Å². The number of halogens is 2. The number of carbonyl (C=O) groups is 2. The van der Waals surface area contributed by atoms with Gasteiger partial charge < -0.3 is 9.47 Å². The summed E-state index contributed by atoms with van der Waals surface area (Å²) in [5.74, 6) is -3.70. The Labute approximate surface area is 118 Å². The largest absolute Gasteiger partial charge is 0.465 e. The first-order valence-corrected chi connectivity index (χ1v) is 7.71. The van der Waals surface area contributed by atoms with Gasteiger partial charge in [0.2, 0.25) is 0 Å². The summed E-state index contributed by atoms with van der Waals surface area (Å²) in [5, 5.41) is -5.05. The van der Waals surface area contributed by atoms with Crippen LogP contribution in [0.4, 0.5) is 8.78 Å². The maximum Gasteiger partial charge on any atom is 0.465 e. The van der Waals surface area contributed by atoms with Crippen LogP contribution in [0.5, 0.6) is 0 Å². The molecule has 0 spiro atoms. The van der Waals surface area contributed by atoms with Crippen LogP contribution in [-0.4, -0.2) is 41.9 Å². The zero-order valence-corrected chi connectivity index (χ0v) is 11.6. The van der Waals surface area contributed by atoms with Crippen LogP contribution in [0.25, 0.3) is 0 Å². The number of hydrogen-bond acceptors (Lipinski definition) is 6. The van der Waals surface area contributed by atoms with E-state index in [1.165, 1.54) is 6.92 Å². The molecule has 3 aliphatic rings. The van der Waals surface area contributed by atoms with Gasteiger partial charge in [0.05, 0.1) is 5.92 Å². The average molecular weight is 326 g/mol. The highest BCUT2D eigenvalue weighted by molar-refractivity contribution is 7.87. The van der Waals surface area contributed by atoms with Gasteiger partial charge in [0, 0.05) is 11.8 Å². The second-order valence-corrected chi connectivity index (χ2v) is 7.33. The molecular weight excluding hydrogens is 314 g/mol. The third-order valence-corrected chi connectivity index (χ3v) is 5.56. The van der Waals surface area contributed by atoms with Crippen molar-refractivity contribution >= 4 is 22.1 Å². The zero-order chi connectivity index (χ0) is 15.8. The molecule has 2 saturated carbocycles. The van der Waals surface area contributed by atoms with E-state index in [1.807, 2.05) is 0 Å². The van der Waals surface area contributed by atoms with Crippen LogP contribution in [0, 0.1) is 17.8 Å². The Balaban J connectivity index is 1.84. The van der Waals surface area contributed by atoms with Crippen molar-refractivity contribution in [2.75, 3.05) is 0 Å². The average Bonchev–Trinajstić information content (AvgIpc) is 2.91. The standard InChI is InChI=1S/C11H12F2O7S/c1-10-6-3-4(2-5(6)8(14)20-10)7(10)19-9(15)11(12,13)21(16,17)18/h4-7H,2-3H2,1H3,(H,16,17,18). The minimum absolute atomic E-state index is 0.229. The van der Waals surface area contributed by atoms with E-state index in [4.69, 9.17) is 9.29 Å². The molecule has 5 unspecified atom stereocenters. The summed E-state index contributed by atoms with van der Waals surface area (Å²) in [6.07, 6.45) is -0.290. The molecule has 21 heavy (non-hydrogen) atoms. The number of esters is 2. The van der Waals surface area contributed by atoms with E-state index < -0.39 is 39.0 Å². The Kier molecular flexibility index (Phi) is 2.73. The van der Waals surface area contributed by atoms with Gasteiger partial charge in [0.1, 0.15) is 11.7 Å². The highest BCUT2D eigenvalue weighted by Crippen LogP contribution is 2.61. The fourth-order valence-corrected chi connectivity index (χ4v) is 4.08. The van der Waals surface area contributed by atoms with E-state index in [0.29, 0.717) is 12.8 Å². The molecule has 10 heteroatoms. The molecule has 118 valence electrons. The third-order valence-electron chi connectivity index (χ3n) is 4.75. The van der Waals surface area contributed by atoms with Gasteiger partial charge in [0.15, 0.2) is 0 Å². The van der Waals surface area contributed by atoms with Crippen LogP contribution >= 0.6 is 0 Å². The van der Waals surface area contributed by atoms with Gasteiger partial charge in [-0.2, -0.15) is 17.2 Å². The first-order valence-electron chi connectivity index (χ1n) is 6.27. The molecule has 1 aliphatic heterocycles. The van der Waals surface area contributed by atoms with Crippen LogP contribution in [0.1, 0.15) is 19.8 Å². The molecule has 0 aromatic heterocycles. The highest BCUT2D eigenvalue weighted by atomic mass is 32.2. The maximum absolute atomic E-state index is 13.2. The summed E-state index contributed by atoms with van der Waals surface area (Å²) in [7, 11) is -5.92. The van der Waals surface area contributed by atoms with E-state index in [0.717, 1.165) is 0 Å². The smallest absolute Gasteiger partial charge is 0.455 e. The lowest BCUT2D eigenvalue weighted by atomic mass is 9.79. The molecule has 3 rings (SSSR count).